The van der Waals surface area contributed by atoms with E-state index < -0.39 is 0 Å². The smallest absolute Gasteiger partial charge is 0.220 e. The van der Waals surface area contributed by atoms with Crippen molar-refractivity contribution in [3.05, 3.63) is 39.9 Å². The van der Waals surface area contributed by atoms with E-state index in [0.717, 1.165) is 40.4 Å². The third-order valence-corrected chi connectivity index (χ3v) is 6.50. The van der Waals surface area contributed by atoms with E-state index in [-0.39, 0.29) is 30.4 Å². The predicted molar refractivity (Wildman–Crippen MR) is 111 cm³/mol. The van der Waals surface area contributed by atoms with Crippen molar-refractivity contribution in [1.82, 2.24) is 10.3 Å². The number of nitrogens with zero attached hydrogens (tertiary/aromatic N) is 1. The Hall–Kier alpha value is -1.14. The number of benzene rings is 1. The standard InChI is InChI=1S/C19H24ClN3OS.ClH/c1-11(22-17(24)10-14-4-3-5-16(14)21)18-12(2)23-19(25-18)13-6-8-15(20)9-7-13;/h6-9,11,14,16H,3-5,10,21H2,1-2H3,(H,22,24);1H/t11?,14-,16+;/m0./s1. The minimum Gasteiger partial charge on any atom is -0.349 e. The largest absolute Gasteiger partial charge is 0.349 e. The molecule has 1 amide bonds. The molecule has 26 heavy (non-hydrogen) atoms. The summed E-state index contributed by atoms with van der Waals surface area (Å²) in [6, 6.07) is 7.78. The lowest BCUT2D eigenvalue weighted by Gasteiger charge is -2.17. The van der Waals surface area contributed by atoms with Crippen LogP contribution in [0.5, 0.6) is 0 Å². The van der Waals surface area contributed by atoms with Crippen LogP contribution in [0.25, 0.3) is 10.6 Å². The number of halogens is 2. The minimum atomic E-state index is -0.0522. The Kier molecular flexibility index (Phi) is 7.47. The molecule has 1 aromatic heterocycles. The second kappa shape index (κ2) is 9.18. The van der Waals surface area contributed by atoms with E-state index in [1.165, 1.54) is 0 Å². The fraction of sp³-hybridized carbons (Fsp3) is 0.474. The number of carbonyl (C=O) groups is 1. The maximum Gasteiger partial charge on any atom is 0.220 e. The maximum absolute atomic E-state index is 12.4. The maximum atomic E-state index is 12.4. The third-order valence-electron chi connectivity index (χ3n) is 4.86. The molecule has 142 valence electrons. The highest BCUT2D eigenvalue weighted by atomic mass is 35.5. The van der Waals surface area contributed by atoms with Gasteiger partial charge in [0.2, 0.25) is 5.91 Å². The fourth-order valence-electron chi connectivity index (χ4n) is 3.45. The second-order valence-corrected chi connectivity index (χ2v) is 8.29. The number of rotatable bonds is 5. The second-order valence-electron chi connectivity index (χ2n) is 6.82. The summed E-state index contributed by atoms with van der Waals surface area (Å²) in [4.78, 5) is 18.1. The Labute approximate surface area is 169 Å². The van der Waals surface area contributed by atoms with Gasteiger partial charge >= 0.3 is 0 Å². The molecule has 1 aliphatic rings. The van der Waals surface area contributed by atoms with E-state index >= 15 is 0 Å². The zero-order valence-electron chi connectivity index (χ0n) is 15.0. The molecule has 0 radical (unpaired) electrons. The Morgan fingerprint density at radius 1 is 1.38 bits per heavy atom. The molecule has 1 fully saturated rings. The molecule has 2 aromatic rings. The molecule has 1 heterocycles. The molecular formula is C19H25Cl2N3OS. The number of hydrogen-bond acceptors (Lipinski definition) is 4. The number of aromatic nitrogens is 1. The quantitative estimate of drug-likeness (QED) is 0.732. The molecular weight excluding hydrogens is 389 g/mol. The topological polar surface area (TPSA) is 68.0 Å². The summed E-state index contributed by atoms with van der Waals surface area (Å²) in [5, 5.41) is 4.77. The third kappa shape index (κ3) is 4.97. The van der Waals surface area contributed by atoms with Gasteiger partial charge in [-0.2, -0.15) is 0 Å². The van der Waals surface area contributed by atoms with E-state index in [1.54, 1.807) is 11.3 Å². The number of aryl methyl sites for hydroxylation is 1. The lowest BCUT2D eigenvalue weighted by molar-refractivity contribution is -0.122. The average Bonchev–Trinajstić information content (AvgIpc) is 3.14. The van der Waals surface area contributed by atoms with Crippen LogP contribution in [0, 0.1) is 12.8 Å². The summed E-state index contributed by atoms with van der Waals surface area (Å²) in [5.41, 5.74) is 8.07. The van der Waals surface area contributed by atoms with Gasteiger partial charge < -0.3 is 11.1 Å². The number of nitrogens with two attached hydrogens (primary N) is 1. The summed E-state index contributed by atoms with van der Waals surface area (Å²) in [6.07, 6.45) is 3.75. The van der Waals surface area contributed by atoms with Crippen molar-refractivity contribution in [2.24, 2.45) is 11.7 Å². The van der Waals surface area contributed by atoms with E-state index in [2.05, 4.69) is 10.3 Å². The van der Waals surface area contributed by atoms with Crippen LogP contribution in [0.3, 0.4) is 0 Å². The van der Waals surface area contributed by atoms with Crippen molar-refractivity contribution in [2.75, 3.05) is 0 Å². The van der Waals surface area contributed by atoms with Gasteiger partial charge in [0.1, 0.15) is 5.01 Å². The molecule has 0 spiro atoms. The van der Waals surface area contributed by atoms with Crippen LogP contribution in [0.2, 0.25) is 5.02 Å². The normalized spacial score (nSPS) is 20.5. The van der Waals surface area contributed by atoms with Gasteiger partial charge in [0.05, 0.1) is 16.6 Å². The summed E-state index contributed by atoms with van der Waals surface area (Å²) >= 11 is 7.57. The van der Waals surface area contributed by atoms with E-state index in [4.69, 9.17) is 17.3 Å². The molecule has 1 aromatic carbocycles. The van der Waals surface area contributed by atoms with Crippen LogP contribution < -0.4 is 11.1 Å². The summed E-state index contributed by atoms with van der Waals surface area (Å²) in [7, 11) is 0. The van der Waals surface area contributed by atoms with Gasteiger partial charge in [0, 0.05) is 23.0 Å². The van der Waals surface area contributed by atoms with Gasteiger partial charge in [-0.25, -0.2) is 4.98 Å². The van der Waals surface area contributed by atoms with Gasteiger partial charge in [-0.05, 0) is 44.7 Å². The van der Waals surface area contributed by atoms with Crippen LogP contribution in [0.15, 0.2) is 24.3 Å². The number of amides is 1. The lowest BCUT2D eigenvalue weighted by atomic mass is 9.99. The molecule has 0 saturated heterocycles. The van der Waals surface area contributed by atoms with E-state index in [9.17, 15) is 4.79 Å². The summed E-state index contributed by atoms with van der Waals surface area (Å²) < 4.78 is 0. The lowest BCUT2D eigenvalue weighted by Crippen LogP contribution is -2.32. The van der Waals surface area contributed by atoms with E-state index in [0.29, 0.717) is 17.4 Å². The molecule has 3 N–H and O–H groups in total. The van der Waals surface area contributed by atoms with Crippen molar-refractivity contribution in [1.29, 1.82) is 0 Å². The van der Waals surface area contributed by atoms with Crippen LogP contribution in [0.4, 0.5) is 0 Å². The molecule has 7 heteroatoms. The van der Waals surface area contributed by atoms with Crippen molar-refractivity contribution in [2.45, 2.75) is 51.6 Å². The Morgan fingerprint density at radius 3 is 2.69 bits per heavy atom. The highest BCUT2D eigenvalue weighted by Gasteiger charge is 2.27. The van der Waals surface area contributed by atoms with Gasteiger partial charge in [-0.3, -0.25) is 4.79 Å². The Balaban J connectivity index is 0.00000243. The van der Waals surface area contributed by atoms with Crippen molar-refractivity contribution >= 4 is 41.3 Å². The molecule has 3 atom stereocenters. The van der Waals surface area contributed by atoms with Crippen molar-refractivity contribution in [3.8, 4) is 10.6 Å². The van der Waals surface area contributed by atoms with Gasteiger partial charge in [0.15, 0.2) is 0 Å². The van der Waals surface area contributed by atoms with Gasteiger partial charge in [-0.1, -0.05) is 30.2 Å². The predicted octanol–water partition coefficient (Wildman–Crippen LogP) is 4.89. The molecule has 1 aliphatic carbocycles. The summed E-state index contributed by atoms with van der Waals surface area (Å²) in [5.74, 6) is 0.398. The molecule has 3 rings (SSSR count). The molecule has 4 nitrogen and oxygen atoms in total. The first kappa shape index (κ1) is 21.2. The number of hydrogen-bond donors (Lipinski definition) is 2. The zero-order valence-corrected chi connectivity index (χ0v) is 17.4. The molecule has 1 saturated carbocycles. The molecule has 0 aliphatic heterocycles. The highest BCUT2D eigenvalue weighted by Crippen LogP contribution is 2.33. The van der Waals surface area contributed by atoms with Crippen LogP contribution in [-0.2, 0) is 4.79 Å². The van der Waals surface area contributed by atoms with E-state index in [1.807, 2.05) is 38.1 Å². The minimum absolute atomic E-state index is 0. The van der Waals surface area contributed by atoms with Crippen molar-refractivity contribution < 1.29 is 4.79 Å². The van der Waals surface area contributed by atoms with Gasteiger partial charge in [0.25, 0.3) is 0 Å². The van der Waals surface area contributed by atoms with Crippen LogP contribution in [0.1, 0.15) is 49.2 Å². The highest BCUT2D eigenvalue weighted by molar-refractivity contribution is 7.15. The zero-order chi connectivity index (χ0) is 18.0. The molecule has 1 unspecified atom stereocenters. The fourth-order valence-corrected chi connectivity index (χ4v) is 4.65. The van der Waals surface area contributed by atoms with Crippen molar-refractivity contribution in [3.63, 3.8) is 0 Å². The average molecular weight is 414 g/mol. The first-order chi connectivity index (χ1) is 11.9. The first-order valence-corrected chi connectivity index (χ1v) is 9.91. The number of thiazole rings is 1. The SMILES string of the molecule is Cc1nc(-c2ccc(Cl)cc2)sc1C(C)NC(=O)C[C@@H]1CCC[C@H]1N.Cl. The monoisotopic (exact) mass is 413 g/mol. The number of carbonyl (C=O) groups excluding carboxylic acids is 1. The van der Waals surface area contributed by atoms with Gasteiger partial charge in [-0.15, -0.1) is 23.7 Å². The first-order valence-electron chi connectivity index (χ1n) is 8.72. The Bertz CT molecular complexity index is 748. The summed E-state index contributed by atoms with van der Waals surface area (Å²) in [6.45, 7) is 4.00. The Morgan fingerprint density at radius 2 is 2.08 bits per heavy atom. The molecule has 0 bridgehead atoms. The number of nitrogens with one attached hydrogen (secondary N) is 1. The van der Waals surface area contributed by atoms with Crippen LogP contribution >= 0.6 is 35.3 Å². The van der Waals surface area contributed by atoms with Crippen LogP contribution in [-0.4, -0.2) is 16.9 Å².